The van der Waals surface area contributed by atoms with E-state index in [2.05, 4.69) is 10.6 Å². The number of rotatable bonds is 5. The van der Waals surface area contributed by atoms with Crippen molar-refractivity contribution in [2.24, 2.45) is 0 Å². The van der Waals surface area contributed by atoms with E-state index in [4.69, 9.17) is 9.47 Å². The molecule has 0 spiro atoms. The van der Waals surface area contributed by atoms with E-state index < -0.39 is 6.10 Å². The maximum atomic E-state index is 12.8. The summed E-state index contributed by atoms with van der Waals surface area (Å²) < 4.78 is 23.7. The Morgan fingerprint density at radius 1 is 1.55 bits per heavy atom. The van der Waals surface area contributed by atoms with Crippen LogP contribution in [-0.4, -0.2) is 44.4 Å². The summed E-state index contributed by atoms with van der Waals surface area (Å²) in [6.07, 6.45) is -0.650. The first kappa shape index (κ1) is 14.7. The first-order valence-electron chi connectivity index (χ1n) is 6.67. The van der Waals surface area contributed by atoms with Gasteiger partial charge in [0.1, 0.15) is 23.8 Å². The Hall–Kier alpha value is -1.66. The second-order valence-electron chi connectivity index (χ2n) is 4.69. The first-order valence-corrected chi connectivity index (χ1v) is 6.67. The topological polar surface area (TPSA) is 59.6 Å². The largest absolute Gasteiger partial charge is 0.489 e. The van der Waals surface area contributed by atoms with Crippen molar-refractivity contribution in [2.45, 2.75) is 19.1 Å². The highest BCUT2D eigenvalue weighted by molar-refractivity contribution is 5.81. The SMILES string of the molecule is CC(CNC(=O)C1CNCCO1)Oc1ccc(F)cc1. The van der Waals surface area contributed by atoms with E-state index in [1.54, 1.807) is 12.1 Å². The molecule has 0 saturated carbocycles. The number of hydrogen-bond donors (Lipinski definition) is 2. The second-order valence-corrected chi connectivity index (χ2v) is 4.69. The number of morpholine rings is 1. The molecular weight excluding hydrogens is 263 g/mol. The molecule has 1 fully saturated rings. The van der Waals surface area contributed by atoms with Crippen molar-refractivity contribution in [3.8, 4) is 5.75 Å². The highest BCUT2D eigenvalue weighted by Crippen LogP contribution is 2.12. The normalized spacial score (nSPS) is 20.2. The first-order chi connectivity index (χ1) is 9.65. The fraction of sp³-hybridized carbons (Fsp3) is 0.500. The molecule has 1 saturated heterocycles. The quantitative estimate of drug-likeness (QED) is 0.834. The average Bonchev–Trinajstić information content (AvgIpc) is 2.48. The minimum atomic E-state index is -0.443. The van der Waals surface area contributed by atoms with Crippen LogP contribution in [0.2, 0.25) is 0 Å². The molecule has 2 N–H and O–H groups in total. The summed E-state index contributed by atoms with van der Waals surface area (Å²) in [6, 6.07) is 5.79. The van der Waals surface area contributed by atoms with Gasteiger partial charge < -0.3 is 20.1 Å². The number of halogens is 1. The molecule has 110 valence electrons. The van der Waals surface area contributed by atoms with Gasteiger partial charge in [0, 0.05) is 13.1 Å². The van der Waals surface area contributed by atoms with Gasteiger partial charge in [-0.1, -0.05) is 0 Å². The number of hydrogen-bond acceptors (Lipinski definition) is 4. The Labute approximate surface area is 117 Å². The third-order valence-electron chi connectivity index (χ3n) is 2.93. The van der Waals surface area contributed by atoms with Crippen molar-refractivity contribution in [3.63, 3.8) is 0 Å². The lowest BCUT2D eigenvalue weighted by atomic mass is 10.2. The zero-order valence-electron chi connectivity index (χ0n) is 11.4. The lowest BCUT2D eigenvalue weighted by Crippen LogP contribution is -2.49. The van der Waals surface area contributed by atoms with E-state index >= 15 is 0 Å². The fourth-order valence-electron chi connectivity index (χ4n) is 1.88. The Bertz CT molecular complexity index is 433. The van der Waals surface area contributed by atoms with Gasteiger partial charge in [-0.25, -0.2) is 4.39 Å². The molecule has 2 rings (SSSR count). The van der Waals surface area contributed by atoms with E-state index in [9.17, 15) is 9.18 Å². The number of nitrogens with one attached hydrogen (secondary N) is 2. The van der Waals surface area contributed by atoms with Gasteiger partial charge in [0.25, 0.3) is 5.91 Å². The Morgan fingerprint density at radius 2 is 2.30 bits per heavy atom. The maximum absolute atomic E-state index is 12.8. The summed E-state index contributed by atoms with van der Waals surface area (Å²) in [6.45, 7) is 4.05. The number of carbonyl (C=O) groups is 1. The van der Waals surface area contributed by atoms with E-state index in [0.29, 0.717) is 25.4 Å². The molecule has 0 aliphatic carbocycles. The monoisotopic (exact) mass is 282 g/mol. The summed E-state index contributed by atoms with van der Waals surface area (Å²) in [5.74, 6) is 0.121. The van der Waals surface area contributed by atoms with Crippen molar-refractivity contribution in [1.82, 2.24) is 10.6 Å². The number of benzene rings is 1. The zero-order chi connectivity index (χ0) is 14.4. The van der Waals surface area contributed by atoms with Crippen molar-refractivity contribution in [1.29, 1.82) is 0 Å². The molecule has 1 aromatic carbocycles. The molecule has 1 aromatic rings. The van der Waals surface area contributed by atoms with Gasteiger partial charge in [-0.05, 0) is 31.2 Å². The molecule has 1 aliphatic rings. The third kappa shape index (κ3) is 4.47. The fourth-order valence-corrected chi connectivity index (χ4v) is 1.88. The lowest BCUT2D eigenvalue weighted by Gasteiger charge is -2.23. The number of amides is 1. The molecule has 2 unspecified atom stereocenters. The molecule has 2 atom stereocenters. The molecule has 5 nitrogen and oxygen atoms in total. The highest BCUT2D eigenvalue weighted by Gasteiger charge is 2.21. The van der Waals surface area contributed by atoms with Gasteiger partial charge in [-0.2, -0.15) is 0 Å². The summed E-state index contributed by atoms with van der Waals surface area (Å²) in [5, 5.41) is 5.88. The van der Waals surface area contributed by atoms with Gasteiger partial charge >= 0.3 is 0 Å². The van der Waals surface area contributed by atoms with Crippen LogP contribution in [0.5, 0.6) is 5.75 Å². The van der Waals surface area contributed by atoms with Crippen LogP contribution in [-0.2, 0) is 9.53 Å². The lowest BCUT2D eigenvalue weighted by molar-refractivity contribution is -0.134. The Morgan fingerprint density at radius 3 is 2.95 bits per heavy atom. The Balaban J connectivity index is 1.72. The molecule has 0 aromatic heterocycles. The predicted octanol–water partition coefficient (Wildman–Crippen LogP) is 0.698. The standard InChI is InChI=1S/C14H19FN2O3/c1-10(20-12-4-2-11(15)3-5-12)8-17-14(18)13-9-16-6-7-19-13/h2-5,10,13,16H,6-9H2,1H3,(H,17,18). The second kappa shape index (κ2) is 7.21. The predicted molar refractivity (Wildman–Crippen MR) is 72.1 cm³/mol. The molecule has 1 heterocycles. The van der Waals surface area contributed by atoms with E-state index in [0.717, 1.165) is 6.54 Å². The highest BCUT2D eigenvalue weighted by atomic mass is 19.1. The minimum Gasteiger partial charge on any atom is -0.489 e. The van der Waals surface area contributed by atoms with Crippen LogP contribution >= 0.6 is 0 Å². The van der Waals surface area contributed by atoms with Crippen LogP contribution in [0.25, 0.3) is 0 Å². The van der Waals surface area contributed by atoms with E-state index in [1.165, 1.54) is 12.1 Å². The van der Waals surface area contributed by atoms with E-state index in [-0.39, 0.29) is 17.8 Å². The maximum Gasteiger partial charge on any atom is 0.250 e. The van der Waals surface area contributed by atoms with Crippen molar-refractivity contribution in [3.05, 3.63) is 30.1 Å². The minimum absolute atomic E-state index is 0.147. The number of ether oxygens (including phenoxy) is 2. The van der Waals surface area contributed by atoms with Gasteiger partial charge in [-0.3, -0.25) is 4.79 Å². The van der Waals surface area contributed by atoms with Gasteiger partial charge in [0.15, 0.2) is 0 Å². The molecule has 1 aliphatic heterocycles. The van der Waals surface area contributed by atoms with Crippen LogP contribution < -0.4 is 15.4 Å². The van der Waals surface area contributed by atoms with Crippen LogP contribution in [0.15, 0.2) is 24.3 Å². The van der Waals surface area contributed by atoms with Crippen LogP contribution in [0.4, 0.5) is 4.39 Å². The summed E-state index contributed by atoms with van der Waals surface area (Å²) in [5.41, 5.74) is 0. The average molecular weight is 282 g/mol. The van der Waals surface area contributed by atoms with Crippen molar-refractivity contribution in [2.75, 3.05) is 26.2 Å². The van der Waals surface area contributed by atoms with Crippen molar-refractivity contribution >= 4 is 5.91 Å². The Kier molecular flexibility index (Phi) is 5.31. The zero-order valence-corrected chi connectivity index (χ0v) is 11.4. The van der Waals surface area contributed by atoms with Crippen LogP contribution in [0.1, 0.15) is 6.92 Å². The smallest absolute Gasteiger partial charge is 0.250 e. The molecule has 1 amide bonds. The van der Waals surface area contributed by atoms with E-state index in [1.807, 2.05) is 6.92 Å². The molecule has 6 heteroatoms. The van der Waals surface area contributed by atoms with Crippen LogP contribution in [0.3, 0.4) is 0 Å². The molecule has 20 heavy (non-hydrogen) atoms. The van der Waals surface area contributed by atoms with Gasteiger partial charge in [0.2, 0.25) is 0 Å². The van der Waals surface area contributed by atoms with Gasteiger partial charge in [-0.15, -0.1) is 0 Å². The van der Waals surface area contributed by atoms with Crippen molar-refractivity contribution < 1.29 is 18.7 Å². The molecule has 0 bridgehead atoms. The summed E-state index contributed by atoms with van der Waals surface area (Å²) >= 11 is 0. The molecule has 0 radical (unpaired) electrons. The third-order valence-corrected chi connectivity index (χ3v) is 2.93. The molecular formula is C14H19FN2O3. The van der Waals surface area contributed by atoms with Crippen LogP contribution in [0, 0.1) is 5.82 Å². The summed E-state index contributed by atoms with van der Waals surface area (Å²) in [4.78, 5) is 11.8. The number of carbonyl (C=O) groups excluding carboxylic acids is 1. The summed E-state index contributed by atoms with van der Waals surface area (Å²) in [7, 11) is 0. The van der Waals surface area contributed by atoms with Gasteiger partial charge in [0.05, 0.1) is 13.2 Å².